The number of hydrogen-bond donors (Lipinski definition) is 4. The highest BCUT2D eigenvalue weighted by Crippen LogP contribution is 2.31. The molecule has 10 nitrogen and oxygen atoms in total. The van der Waals surface area contributed by atoms with Crippen LogP contribution in [-0.2, 0) is 23.2 Å². The Morgan fingerprint density at radius 1 is 1.19 bits per heavy atom. The summed E-state index contributed by atoms with van der Waals surface area (Å²) in [6, 6.07) is 9.82. The summed E-state index contributed by atoms with van der Waals surface area (Å²) in [6.45, 7) is 2.22. The lowest BCUT2D eigenvalue weighted by Gasteiger charge is -2.08. The summed E-state index contributed by atoms with van der Waals surface area (Å²) in [6.07, 6.45) is 1.24. The van der Waals surface area contributed by atoms with Gasteiger partial charge in [0.2, 0.25) is 5.91 Å². The number of rotatable bonds is 7. The van der Waals surface area contributed by atoms with Crippen molar-refractivity contribution < 1.29 is 14.3 Å². The number of aromatic amines is 1. The van der Waals surface area contributed by atoms with E-state index in [-0.39, 0.29) is 12.5 Å². The van der Waals surface area contributed by atoms with E-state index in [1.54, 1.807) is 6.33 Å². The Bertz CT molecular complexity index is 1290. The van der Waals surface area contributed by atoms with Crippen LogP contribution in [0.25, 0.3) is 33.3 Å². The summed E-state index contributed by atoms with van der Waals surface area (Å²) in [5, 5.41) is 9.29. The molecule has 0 aliphatic heterocycles. The second-order valence-electron chi connectivity index (χ2n) is 7.39. The zero-order chi connectivity index (χ0) is 22.7. The molecule has 0 fully saturated rings. The number of ether oxygens (including phenoxy) is 1. The number of nitrogens with zero attached hydrogens (tertiary/aromatic N) is 3. The number of anilines is 1. The van der Waals surface area contributed by atoms with Gasteiger partial charge in [-0.1, -0.05) is 18.2 Å². The van der Waals surface area contributed by atoms with Crippen molar-refractivity contribution in [2.45, 2.75) is 13.5 Å². The number of imidazole rings is 1. The topological polar surface area (TPSA) is 126 Å². The first-order valence-corrected chi connectivity index (χ1v) is 10.2. The molecule has 0 aliphatic rings. The first-order chi connectivity index (χ1) is 15.5. The molecule has 166 valence electrons. The lowest BCUT2D eigenvalue weighted by Crippen LogP contribution is -2.33. The van der Waals surface area contributed by atoms with Gasteiger partial charge in [-0.15, -0.1) is 0 Å². The van der Waals surface area contributed by atoms with Crippen molar-refractivity contribution in [3.63, 3.8) is 0 Å². The zero-order valence-electron chi connectivity index (χ0n) is 18.2. The fraction of sp³-hybridized carbons (Fsp3) is 0.273. The molecule has 0 spiro atoms. The highest BCUT2D eigenvalue weighted by Gasteiger charge is 2.15. The van der Waals surface area contributed by atoms with Crippen LogP contribution in [0.5, 0.6) is 0 Å². The molecule has 4 N–H and O–H groups in total. The van der Waals surface area contributed by atoms with Gasteiger partial charge < -0.3 is 30.2 Å². The summed E-state index contributed by atoms with van der Waals surface area (Å²) in [5.74, 6) is 0.573. The van der Waals surface area contributed by atoms with Gasteiger partial charge in [0, 0.05) is 45.2 Å². The number of amides is 2. The largest absolute Gasteiger partial charge is 0.445 e. The van der Waals surface area contributed by atoms with Gasteiger partial charge in [-0.25, -0.2) is 14.8 Å². The quantitative estimate of drug-likeness (QED) is 0.331. The number of nitrogens with one attached hydrogen (secondary N) is 4. The first-order valence-electron chi connectivity index (χ1n) is 10.2. The summed E-state index contributed by atoms with van der Waals surface area (Å²) >= 11 is 0. The van der Waals surface area contributed by atoms with Crippen LogP contribution in [0.1, 0.15) is 12.5 Å². The van der Waals surface area contributed by atoms with Crippen molar-refractivity contribution >= 4 is 39.9 Å². The minimum atomic E-state index is -0.534. The van der Waals surface area contributed by atoms with Gasteiger partial charge >= 0.3 is 6.09 Å². The molecule has 0 saturated heterocycles. The molecule has 0 unspecified atom stereocenters. The van der Waals surface area contributed by atoms with Gasteiger partial charge in [0.15, 0.2) is 5.82 Å². The van der Waals surface area contributed by atoms with Gasteiger partial charge in [-0.05, 0) is 23.3 Å². The third-order valence-corrected chi connectivity index (χ3v) is 5.05. The van der Waals surface area contributed by atoms with Crippen molar-refractivity contribution in [1.82, 2.24) is 30.2 Å². The number of benzene rings is 1. The van der Waals surface area contributed by atoms with E-state index in [2.05, 4.69) is 37.0 Å². The lowest BCUT2D eigenvalue weighted by atomic mass is 10.1. The Kier molecular flexibility index (Phi) is 5.93. The van der Waals surface area contributed by atoms with E-state index in [4.69, 9.17) is 4.74 Å². The Labute approximate surface area is 184 Å². The zero-order valence-corrected chi connectivity index (χ0v) is 18.2. The van der Waals surface area contributed by atoms with Crippen LogP contribution in [0.2, 0.25) is 0 Å². The molecule has 2 amide bonds. The summed E-state index contributed by atoms with van der Waals surface area (Å²) < 4.78 is 7.25. The second kappa shape index (κ2) is 8.96. The summed E-state index contributed by atoms with van der Waals surface area (Å²) in [7, 11) is 3.78. The van der Waals surface area contributed by atoms with E-state index in [9.17, 15) is 9.59 Å². The molecule has 32 heavy (non-hydrogen) atoms. The Balaban J connectivity index is 1.51. The molecule has 0 aliphatic carbocycles. The maximum atomic E-state index is 11.9. The van der Waals surface area contributed by atoms with Crippen molar-refractivity contribution in [1.29, 1.82) is 0 Å². The minimum Gasteiger partial charge on any atom is -0.445 e. The number of carbonyl (C=O) groups excluding carboxylic acids is 2. The van der Waals surface area contributed by atoms with Crippen LogP contribution in [-0.4, -0.2) is 51.7 Å². The van der Waals surface area contributed by atoms with Crippen LogP contribution in [0, 0.1) is 0 Å². The van der Waals surface area contributed by atoms with Gasteiger partial charge in [-0.3, -0.25) is 4.79 Å². The lowest BCUT2D eigenvalue weighted by molar-refractivity contribution is -0.118. The Morgan fingerprint density at radius 3 is 2.78 bits per heavy atom. The van der Waals surface area contributed by atoms with E-state index >= 15 is 0 Å². The SMILES string of the molecule is CNc1nc2[nH]c(-c3cccc(COC(=O)NCCNC(C)=O)c3)cc2c2c1ncn2C. The normalized spacial score (nSPS) is 11.0. The third kappa shape index (κ3) is 4.34. The van der Waals surface area contributed by atoms with Gasteiger partial charge in [0.1, 0.15) is 17.8 Å². The van der Waals surface area contributed by atoms with Crippen LogP contribution in [0.15, 0.2) is 36.7 Å². The molecule has 0 bridgehead atoms. The maximum Gasteiger partial charge on any atom is 0.407 e. The fourth-order valence-corrected chi connectivity index (χ4v) is 3.56. The predicted octanol–water partition coefficient (Wildman–Crippen LogP) is 2.52. The smallest absolute Gasteiger partial charge is 0.407 e. The van der Waals surface area contributed by atoms with E-state index in [1.165, 1.54) is 6.92 Å². The summed E-state index contributed by atoms with van der Waals surface area (Å²) in [4.78, 5) is 35.2. The van der Waals surface area contributed by atoms with Crippen LogP contribution < -0.4 is 16.0 Å². The van der Waals surface area contributed by atoms with Gasteiger partial charge in [-0.2, -0.15) is 0 Å². The van der Waals surface area contributed by atoms with Crippen LogP contribution in [0.3, 0.4) is 0 Å². The van der Waals surface area contributed by atoms with Crippen molar-refractivity contribution in [3.8, 4) is 11.3 Å². The fourth-order valence-electron chi connectivity index (χ4n) is 3.56. The maximum absolute atomic E-state index is 11.9. The van der Waals surface area contributed by atoms with Crippen molar-refractivity contribution in [2.75, 3.05) is 25.5 Å². The van der Waals surface area contributed by atoms with Gasteiger partial charge in [0.05, 0.1) is 11.8 Å². The van der Waals surface area contributed by atoms with Crippen LogP contribution >= 0.6 is 0 Å². The molecule has 0 saturated carbocycles. The standard InChI is InChI=1S/C22H25N7O3/c1-13(30)24-7-8-25-22(31)32-11-14-5-4-6-15(9-14)17-10-16-19-18(26-12-29(19)3)21(23-2)28-20(16)27-17/h4-6,9-10,12H,7-8,11H2,1-3H3,(H,24,30)(H,25,31)(H2,23,27,28). The molecular formula is C22H25N7O3. The van der Waals surface area contributed by atoms with Gasteiger partial charge in [0.25, 0.3) is 0 Å². The highest BCUT2D eigenvalue weighted by atomic mass is 16.5. The number of alkyl carbamates (subject to hydrolysis) is 1. The third-order valence-electron chi connectivity index (χ3n) is 5.05. The molecule has 3 heterocycles. The molecule has 4 aromatic rings. The van der Waals surface area contributed by atoms with E-state index in [0.29, 0.717) is 18.9 Å². The van der Waals surface area contributed by atoms with E-state index in [0.717, 1.165) is 38.9 Å². The number of aromatic nitrogens is 4. The number of carbonyl (C=O) groups is 2. The molecule has 3 aromatic heterocycles. The molecular weight excluding hydrogens is 410 g/mol. The number of H-pyrrole nitrogens is 1. The van der Waals surface area contributed by atoms with E-state index in [1.807, 2.05) is 42.9 Å². The predicted molar refractivity (Wildman–Crippen MR) is 122 cm³/mol. The second-order valence-corrected chi connectivity index (χ2v) is 7.39. The van der Waals surface area contributed by atoms with E-state index < -0.39 is 6.09 Å². The van der Waals surface area contributed by atoms with Crippen molar-refractivity contribution in [3.05, 3.63) is 42.2 Å². The highest BCUT2D eigenvalue weighted by molar-refractivity contribution is 6.07. The molecule has 4 rings (SSSR count). The number of fused-ring (bicyclic) bond motifs is 3. The van der Waals surface area contributed by atoms with Crippen LogP contribution in [0.4, 0.5) is 10.6 Å². The average Bonchev–Trinajstić information content (AvgIpc) is 3.38. The van der Waals surface area contributed by atoms with Crippen molar-refractivity contribution in [2.24, 2.45) is 7.05 Å². The molecule has 10 heteroatoms. The molecule has 1 aromatic carbocycles. The summed E-state index contributed by atoms with van der Waals surface area (Å²) in [5.41, 5.74) is 5.30. The first kappa shape index (κ1) is 21.2. The molecule has 0 atom stereocenters. The number of aryl methyl sites for hydroxylation is 1. The number of pyridine rings is 1. The average molecular weight is 435 g/mol. The monoisotopic (exact) mass is 435 g/mol. The minimum absolute atomic E-state index is 0.133. The Morgan fingerprint density at radius 2 is 2.00 bits per heavy atom. The number of hydrogen-bond acceptors (Lipinski definition) is 6. The molecule has 0 radical (unpaired) electrons. The Hall–Kier alpha value is -4.08.